The van der Waals surface area contributed by atoms with Gasteiger partial charge in [0.1, 0.15) is 23.1 Å². The number of H-pyrrole nitrogens is 2. The first-order valence-corrected chi connectivity index (χ1v) is 16.0. The van der Waals surface area contributed by atoms with Crippen LogP contribution in [0.25, 0.3) is 56.0 Å². The number of aryl methyl sites for hydroxylation is 2. The minimum Gasteiger partial charge on any atom is -0.493 e. The molecular formula is C38H44N6O2. The summed E-state index contributed by atoms with van der Waals surface area (Å²) in [6.07, 6.45) is 1.99. The summed E-state index contributed by atoms with van der Waals surface area (Å²) in [5.41, 5.74) is 10.3. The van der Waals surface area contributed by atoms with Gasteiger partial charge in [-0.05, 0) is 138 Å². The second-order valence-electron chi connectivity index (χ2n) is 12.6. The molecule has 0 saturated carbocycles. The molecule has 0 fully saturated rings. The molecule has 8 nitrogen and oxygen atoms in total. The van der Waals surface area contributed by atoms with Gasteiger partial charge in [0, 0.05) is 24.2 Å². The van der Waals surface area contributed by atoms with Crippen LogP contribution in [0.2, 0.25) is 0 Å². The predicted octanol–water partition coefficient (Wildman–Crippen LogP) is 7.72. The smallest absolute Gasteiger partial charge is 0.138 e. The molecule has 2 heterocycles. The highest BCUT2D eigenvalue weighted by Crippen LogP contribution is 2.31. The van der Waals surface area contributed by atoms with Crippen molar-refractivity contribution in [2.75, 3.05) is 54.5 Å². The van der Waals surface area contributed by atoms with E-state index in [4.69, 9.17) is 19.4 Å². The number of aromatic amines is 2. The lowest BCUT2D eigenvalue weighted by Gasteiger charge is -2.12. The van der Waals surface area contributed by atoms with Crippen LogP contribution in [0.15, 0.2) is 72.8 Å². The highest BCUT2D eigenvalue weighted by molar-refractivity contribution is 5.88. The average molecular weight is 617 g/mol. The van der Waals surface area contributed by atoms with E-state index in [1.54, 1.807) is 0 Å². The number of rotatable bonds is 13. The summed E-state index contributed by atoms with van der Waals surface area (Å²) in [6, 6.07) is 25.3. The van der Waals surface area contributed by atoms with E-state index in [1.807, 2.05) is 12.1 Å². The predicted molar refractivity (Wildman–Crippen MR) is 189 cm³/mol. The molecule has 2 N–H and O–H groups in total. The Balaban J connectivity index is 1.17. The number of nitrogens with zero attached hydrogens (tertiary/aromatic N) is 4. The Morgan fingerprint density at radius 1 is 0.543 bits per heavy atom. The Hall–Kier alpha value is -4.66. The van der Waals surface area contributed by atoms with Crippen LogP contribution in [0.4, 0.5) is 0 Å². The number of aromatic nitrogens is 4. The average Bonchev–Trinajstić information content (AvgIpc) is 3.66. The highest BCUT2D eigenvalue weighted by atomic mass is 16.5. The third-order valence-electron chi connectivity index (χ3n) is 8.21. The number of nitrogens with one attached hydrogen (secondary N) is 2. The second kappa shape index (κ2) is 13.8. The van der Waals surface area contributed by atoms with E-state index in [0.717, 1.165) is 105 Å². The van der Waals surface area contributed by atoms with Gasteiger partial charge in [-0.2, -0.15) is 0 Å². The zero-order valence-corrected chi connectivity index (χ0v) is 27.8. The lowest BCUT2D eigenvalue weighted by Crippen LogP contribution is -2.15. The molecule has 0 atom stereocenters. The molecule has 6 rings (SSSR count). The molecule has 8 heteroatoms. The van der Waals surface area contributed by atoms with Crippen LogP contribution in [0, 0.1) is 13.8 Å². The molecule has 0 aliphatic heterocycles. The summed E-state index contributed by atoms with van der Waals surface area (Å²) in [5, 5.41) is 0. The van der Waals surface area contributed by atoms with Crippen LogP contribution in [0.5, 0.6) is 11.5 Å². The first-order chi connectivity index (χ1) is 22.2. The van der Waals surface area contributed by atoms with E-state index in [2.05, 4.69) is 122 Å². The van der Waals surface area contributed by atoms with E-state index < -0.39 is 0 Å². The van der Waals surface area contributed by atoms with Crippen molar-refractivity contribution in [3.8, 4) is 45.4 Å². The zero-order chi connectivity index (χ0) is 32.2. The van der Waals surface area contributed by atoms with Gasteiger partial charge in [0.15, 0.2) is 0 Å². The Morgan fingerprint density at radius 3 is 1.35 bits per heavy atom. The van der Waals surface area contributed by atoms with Crippen molar-refractivity contribution in [3.63, 3.8) is 0 Å². The Morgan fingerprint density at radius 2 is 0.957 bits per heavy atom. The molecule has 238 valence electrons. The van der Waals surface area contributed by atoms with Gasteiger partial charge in [-0.25, -0.2) is 9.97 Å². The topological polar surface area (TPSA) is 82.3 Å². The normalized spacial score (nSPS) is 11.7. The van der Waals surface area contributed by atoms with Gasteiger partial charge >= 0.3 is 0 Å². The molecular weight excluding hydrogens is 572 g/mol. The number of hydrogen-bond donors (Lipinski definition) is 2. The molecule has 0 aliphatic rings. The fraction of sp³-hybridized carbons (Fsp3) is 0.316. The van der Waals surface area contributed by atoms with E-state index >= 15 is 0 Å². The number of fused-ring (bicyclic) bond motifs is 2. The first kappa shape index (κ1) is 31.3. The molecule has 0 bridgehead atoms. The van der Waals surface area contributed by atoms with Crippen LogP contribution < -0.4 is 9.47 Å². The molecule has 6 aromatic rings. The van der Waals surface area contributed by atoms with Gasteiger partial charge in [0.2, 0.25) is 0 Å². The largest absolute Gasteiger partial charge is 0.493 e. The SMILES string of the molecule is Cc1cc(-c2nc3cc(-c4ccc5[nH]c(-c6ccc(OCCCN(C)C)c(C)c6)nc5c4)ccc3[nH]2)ccc1OCCCN(C)C. The molecule has 0 spiro atoms. The summed E-state index contributed by atoms with van der Waals surface area (Å²) in [6.45, 7) is 7.60. The van der Waals surface area contributed by atoms with E-state index in [1.165, 1.54) is 0 Å². The molecule has 2 aromatic heterocycles. The van der Waals surface area contributed by atoms with Gasteiger partial charge in [-0.3, -0.25) is 0 Å². The van der Waals surface area contributed by atoms with Crippen LogP contribution >= 0.6 is 0 Å². The van der Waals surface area contributed by atoms with Crippen molar-refractivity contribution in [1.29, 1.82) is 0 Å². The van der Waals surface area contributed by atoms with Crippen molar-refractivity contribution >= 4 is 22.1 Å². The molecule has 0 aliphatic carbocycles. The van der Waals surface area contributed by atoms with Gasteiger partial charge in [0.25, 0.3) is 0 Å². The molecule has 4 aromatic carbocycles. The summed E-state index contributed by atoms with van der Waals surface area (Å²) in [7, 11) is 8.32. The fourth-order valence-electron chi connectivity index (χ4n) is 5.69. The summed E-state index contributed by atoms with van der Waals surface area (Å²) >= 11 is 0. The molecule has 46 heavy (non-hydrogen) atoms. The van der Waals surface area contributed by atoms with Crippen molar-refractivity contribution in [3.05, 3.63) is 83.9 Å². The molecule has 0 amide bonds. The number of ether oxygens (including phenoxy) is 2. The van der Waals surface area contributed by atoms with Crippen LogP contribution in [0.3, 0.4) is 0 Å². The molecule has 0 radical (unpaired) electrons. The number of imidazole rings is 2. The van der Waals surface area contributed by atoms with Crippen LogP contribution in [0.1, 0.15) is 24.0 Å². The Bertz CT molecular complexity index is 1810. The number of benzene rings is 4. The summed E-state index contributed by atoms with van der Waals surface area (Å²) in [4.78, 5) is 21.2. The quantitative estimate of drug-likeness (QED) is 0.129. The van der Waals surface area contributed by atoms with Crippen molar-refractivity contribution in [2.24, 2.45) is 0 Å². The van der Waals surface area contributed by atoms with Gasteiger partial charge < -0.3 is 29.2 Å². The highest BCUT2D eigenvalue weighted by Gasteiger charge is 2.12. The van der Waals surface area contributed by atoms with Gasteiger partial charge in [-0.15, -0.1) is 0 Å². The fourth-order valence-corrected chi connectivity index (χ4v) is 5.69. The van der Waals surface area contributed by atoms with E-state index in [-0.39, 0.29) is 0 Å². The van der Waals surface area contributed by atoms with Crippen molar-refractivity contribution in [1.82, 2.24) is 29.7 Å². The number of hydrogen-bond acceptors (Lipinski definition) is 6. The molecule has 0 unspecified atom stereocenters. The second-order valence-corrected chi connectivity index (χ2v) is 12.6. The minimum absolute atomic E-state index is 0.705. The maximum absolute atomic E-state index is 6.02. The standard InChI is InChI=1S/C38H44N6O2/c1-25-21-29(11-15-35(25)45-19-7-17-43(3)4)37-39-31-13-9-27(23-33(31)41-37)28-10-14-32-34(24-28)42-38(40-32)30-12-16-36(26(2)22-30)46-20-8-18-44(5)6/h9-16,21-24H,7-8,17-20H2,1-6H3,(H,39,41)(H,40,42). The maximum atomic E-state index is 6.02. The first-order valence-electron chi connectivity index (χ1n) is 16.0. The Labute approximate surface area is 271 Å². The lowest BCUT2D eigenvalue weighted by molar-refractivity contribution is 0.280. The van der Waals surface area contributed by atoms with Gasteiger partial charge in [0.05, 0.1) is 35.3 Å². The van der Waals surface area contributed by atoms with Crippen LogP contribution in [-0.2, 0) is 0 Å². The van der Waals surface area contributed by atoms with Crippen molar-refractivity contribution in [2.45, 2.75) is 26.7 Å². The van der Waals surface area contributed by atoms with Crippen LogP contribution in [-0.4, -0.2) is 84.2 Å². The summed E-state index contributed by atoms with van der Waals surface area (Å²) < 4.78 is 12.0. The lowest BCUT2D eigenvalue weighted by atomic mass is 10.0. The van der Waals surface area contributed by atoms with Gasteiger partial charge in [-0.1, -0.05) is 12.1 Å². The third-order valence-corrected chi connectivity index (χ3v) is 8.21. The van der Waals surface area contributed by atoms with E-state index in [9.17, 15) is 0 Å². The zero-order valence-electron chi connectivity index (χ0n) is 27.8. The molecule has 0 saturated heterocycles. The van der Waals surface area contributed by atoms with E-state index in [0.29, 0.717) is 13.2 Å². The maximum Gasteiger partial charge on any atom is 0.138 e. The Kier molecular flexibility index (Phi) is 9.38. The van der Waals surface area contributed by atoms with Crippen molar-refractivity contribution < 1.29 is 9.47 Å². The minimum atomic E-state index is 0.705. The third kappa shape index (κ3) is 7.25. The summed E-state index contributed by atoms with van der Waals surface area (Å²) in [5.74, 6) is 3.54. The monoisotopic (exact) mass is 616 g/mol.